The van der Waals surface area contributed by atoms with E-state index in [-0.39, 0.29) is 10.6 Å². The van der Waals surface area contributed by atoms with Crippen molar-refractivity contribution in [3.05, 3.63) is 18.5 Å². The standard InChI is InChI=1S/C10H15N3O4S/c1-10(2,3)17-9(14)13-7-6-12-5-4-8(7)18(11,15)16/h4-6H,1-3H3,(H,13,14)(H2,11,15,16). The van der Waals surface area contributed by atoms with Crippen molar-refractivity contribution in [3.8, 4) is 0 Å². The van der Waals surface area contributed by atoms with Crippen LogP contribution in [0.25, 0.3) is 0 Å². The Hall–Kier alpha value is -1.67. The number of primary sulfonamides is 1. The lowest BCUT2D eigenvalue weighted by Gasteiger charge is -2.20. The Morgan fingerprint density at radius 2 is 2.06 bits per heavy atom. The molecule has 0 aliphatic rings. The van der Waals surface area contributed by atoms with Crippen LogP contribution in [0.4, 0.5) is 10.5 Å². The van der Waals surface area contributed by atoms with Crippen LogP contribution < -0.4 is 10.5 Å². The minimum atomic E-state index is -3.93. The summed E-state index contributed by atoms with van der Waals surface area (Å²) in [5.41, 5.74) is -0.706. The third-order valence-electron chi connectivity index (χ3n) is 1.72. The fourth-order valence-corrected chi connectivity index (χ4v) is 1.80. The summed E-state index contributed by atoms with van der Waals surface area (Å²) in [6.07, 6.45) is 1.67. The largest absolute Gasteiger partial charge is 0.444 e. The molecule has 0 saturated heterocycles. The van der Waals surface area contributed by atoms with Gasteiger partial charge in [0.25, 0.3) is 0 Å². The number of nitrogens with two attached hydrogens (primary N) is 1. The maximum atomic E-state index is 11.5. The van der Waals surface area contributed by atoms with Crippen molar-refractivity contribution in [2.24, 2.45) is 5.14 Å². The van der Waals surface area contributed by atoms with Gasteiger partial charge < -0.3 is 4.74 Å². The topological polar surface area (TPSA) is 111 Å². The van der Waals surface area contributed by atoms with Gasteiger partial charge in [0.2, 0.25) is 10.0 Å². The normalized spacial score (nSPS) is 12.0. The number of aromatic nitrogens is 1. The van der Waals surface area contributed by atoms with Crippen LogP contribution in [0.1, 0.15) is 20.8 Å². The summed E-state index contributed by atoms with van der Waals surface area (Å²) in [6, 6.07) is 1.20. The number of rotatable bonds is 2. The highest BCUT2D eigenvalue weighted by molar-refractivity contribution is 7.89. The van der Waals surface area contributed by atoms with Crippen molar-refractivity contribution >= 4 is 21.8 Å². The van der Waals surface area contributed by atoms with Gasteiger partial charge in [0, 0.05) is 6.20 Å². The van der Waals surface area contributed by atoms with Crippen LogP contribution in [0.5, 0.6) is 0 Å². The fourth-order valence-electron chi connectivity index (χ4n) is 1.14. The summed E-state index contributed by atoms with van der Waals surface area (Å²) in [5.74, 6) is 0. The molecule has 0 aliphatic carbocycles. The van der Waals surface area contributed by atoms with Crippen molar-refractivity contribution < 1.29 is 17.9 Å². The van der Waals surface area contributed by atoms with E-state index < -0.39 is 21.7 Å². The van der Waals surface area contributed by atoms with Crippen LogP contribution in [0, 0.1) is 0 Å². The van der Waals surface area contributed by atoms with Gasteiger partial charge in [-0.15, -0.1) is 0 Å². The molecule has 0 atom stereocenters. The zero-order valence-corrected chi connectivity index (χ0v) is 11.1. The summed E-state index contributed by atoms with van der Waals surface area (Å²) in [5, 5.41) is 7.30. The first-order valence-corrected chi connectivity index (χ1v) is 6.61. The quantitative estimate of drug-likeness (QED) is 0.837. The van der Waals surface area contributed by atoms with Crippen molar-refractivity contribution in [1.29, 1.82) is 0 Å². The Labute approximate surface area is 105 Å². The van der Waals surface area contributed by atoms with Gasteiger partial charge in [-0.3, -0.25) is 10.3 Å². The molecule has 3 N–H and O–H groups in total. The third-order valence-corrected chi connectivity index (χ3v) is 2.69. The van der Waals surface area contributed by atoms with Crippen molar-refractivity contribution in [1.82, 2.24) is 4.98 Å². The number of nitrogens with zero attached hydrogens (tertiary/aromatic N) is 1. The highest BCUT2D eigenvalue weighted by atomic mass is 32.2. The Balaban J connectivity index is 2.96. The zero-order valence-electron chi connectivity index (χ0n) is 10.3. The van der Waals surface area contributed by atoms with Gasteiger partial charge >= 0.3 is 6.09 Å². The summed E-state index contributed by atoms with van der Waals surface area (Å²) >= 11 is 0. The predicted octanol–water partition coefficient (Wildman–Crippen LogP) is 1.08. The molecule has 1 aromatic heterocycles. The summed E-state index contributed by atoms with van der Waals surface area (Å²) in [7, 11) is -3.93. The van der Waals surface area contributed by atoms with Gasteiger partial charge in [-0.05, 0) is 26.8 Å². The molecule has 0 unspecified atom stereocenters. The highest BCUT2D eigenvalue weighted by Gasteiger charge is 2.20. The lowest BCUT2D eigenvalue weighted by atomic mass is 10.2. The number of carbonyl (C=O) groups is 1. The van der Waals surface area contributed by atoms with E-state index in [0.29, 0.717) is 0 Å². The van der Waals surface area contributed by atoms with E-state index in [1.54, 1.807) is 20.8 Å². The van der Waals surface area contributed by atoms with Crippen molar-refractivity contribution in [3.63, 3.8) is 0 Å². The molecule has 7 nitrogen and oxygen atoms in total. The van der Waals surface area contributed by atoms with E-state index in [0.717, 1.165) is 0 Å². The molecule has 0 radical (unpaired) electrons. The first-order valence-electron chi connectivity index (χ1n) is 5.06. The summed E-state index contributed by atoms with van der Waals surface area (Å²) < 4.78 is 27.6. The van der Waals surface area contributed by atoms with E-state index in [4.69, 9.17) is 9.88 Å². The van der Waals surface area contributed by atoms with Gasteiger partial charge in [0.15, 0.2) is 0 Å². The van der Waals surface area contributed by atoms with Gasteiger partial charge in [-0.1, -0.05) is 0 Å². The molecule has 0 saturated carbocycles. The molecule has 0 fully saturated rings. The maximum absolute atomic E-state index is 11.5. The number of anilines is 1. The molecule has 1 heterocycles. The van der Waals surface area contributed by atoms with E-state index in [9.17, 15) is 13.2 Å². The Morgan fingerprint density at radius 1 is 1.44 bits per heavy atom. The smallest absolute Gasteiger partial charge is 0.412 e. The average Bonchev–Trinajstić information content (AvgIpc) is 2.13. The van der Waals surface area contributed by atoms with Crippen molar-refractivity contribution in [2.45, 2.75) is 31.3 Å². The van der Waals surface area contributed by atoms with E-state index in [2.05, 4.69) is 10.3 Å². The summed E-state index contributed by atoms with van der Waals surface area (Å²) in [6.45, 7) is 5.07. The number of sulfonamides is 1. The molecule has 0 bridgehead atoms. The molecule has 8 heteroatoms. The van der Waals surface area contributed by atoms with E-state index >= 15 is 0 Å². The third kappa shape index (κ3) is 4.30. The Morgan fingerprint density at radius 3 is 2.56 bits per heavy atom. The number of nitrogens with one attached hydrogen (secondary N) is 1. The molecule has 18 heavy (non-hydrogen) atoms. The lowest BCUT2D eigenvalue weighted by Crippen LogP contribution is -2.28. The first-order chi connectivity index (χ1) is 8.09. The molecule has 0 aromatic carbocycles. The highest BCUT2D eigenvalue weighted by Crippen LogP contribution is 2.19. The lowest BCUT2D eigenvalue weighted by molar-refractivity contribution is 0.0635. The second kappa shape index (κ2) is 4.91. The number of pyridine rings is 1. The van der Waals surface area contributed by atoms with E-state index in [1.165, 1.54) is 18.5 Å². The molecule has 0 aliphatic heterocycles. The van der Waals surface area contributed by atoms with Crippen molar-refractivity contribution in [2.75, 3.05) is 5.32 Å². The predicted molar refractivity (Wildman–Crippen MR) is 65.5 cm³/mol. The fraction of sp³-hybridized carbons (Fsp3) is 0.400. The maximum Gasteiger partial charge on any atom is 0.412 e. The number of hydrogen-bond acceptors (Lipinski definition) is 5. The summed E-state index contributed by atoms with van der Waals surface area (Å²) in [4.78, 5) is 15.0. The second-order valence-corrected chi connectivity index (χ2v) is 6.07. The number of amides is 1. The first kappa shape index (κ1) is 14.4. The Bertz CT molecular complexity index is 548. The second-order valence-electron chi connectivity index (χ2n) is 4.54. The molecular weight excluding hydrogens is 258 g/mol. The van der Waals surface area contributed by atoms with Crippen LogP contribution in [-0.4, -0.2) is 25.1 Å². The molecule has 1 aromatic rings. The van der Waals surface area contributed by atoms with Gasteiger partial charge in [0.05, 0.1) is 11.9 Å². The average molecular weight is 273 g/mol. The number of hydrogen-bond donors (Lipinski definition) is 2. The molecule has 1 amide bonds. The molecule has 1 rings (SSSR count). The zero-order chi connectivity index (χ0) is 14.0. The number of ether oxygens (including phenoxy) is 1. The van der Waals surface area contributed by atoms with Gasteiger partial charge in [-0.2, -0.15) is 0 Å². The van der Waals surface area contributed by atoms with Crippen LogP contribution in [0.2, 0.25) is 0 Å². The minimum absolute atomic E-state index is 0.0192. The van der Waals surface area contributed by atoms with Gasteiger partial charge in [-0.25, -0.2) is 18.4 Å². The van der Waals surface area contributed by atoms with Crippen LogP contribution in [0.3, 0.4) is 0 Å². The number of carbonyl (C=O) groups excluding carboxylic acids is 1. The molecular formula is C10H15N3O4S. The van der Waals surface area contributed by atoms with Crippen LogP contribution in [-0.2, 0) is 14.8 Å². The monoisotopic (exact) mass is 273 g/mol. The molecule has 0 spiro atoms. The SMILES string of the molecule is CC(C)(C)OC(=O)Nc1cnccc1S(N)(=O)=O. The molecule has 100 valence electrons. The minimum Gasteiger partial charge on any atom is -0.444 e. The van der Waals surface area contributed by atoms with Crippen LogP contribution >= 0.6 is 0 Å². The Kier molecular flexibility index (Phi) is 3.92. The van der Waals surface area contributed by atoms with Gasteiger partial charge in [0.1, 0.15) is 10.5 Å². The van der Waals surface area contributed by atoms with E-state index in [1.807, 2.05) is 0 Å². The van der Waals surface area contributed by atoms with Crippen LogP contribution in [0.15, 0.2) is 23.4 Å².